The highest BCUT2D eigenvalue weighted by atomic mass is 79.9. The molecule has 2 heterocycles. The molecule has 0 bridgehead atoms. The van der Waals surface area contributed by atoms with Crippen LogP contribution in [0.5, 0.6) is 0 Å². The Morgan fingerprint density at radius 1 is 1.16 bits per heavy atom. The van der Waals surface area contributed by atoms with Crippen LogP contribution in [0.2, 0.25) is 0 Å². The molecule has 0 spiro atoms. The molecule has 0 saturated carbocycles. The van der Waals surface area contributed by atoms with Crippen LogP contribution in [0.25, 0.3) is 11.2 Å². The average Bonchev–Trinajstić information content (AvgIpc) is 2.92. The molecule has 0 saturated heterocycles. The van der Waals surface area contributed by atoms with Gasteiger partial charge >= 0.3 is 5.69 Å². The first-order chi connectivity index (χ1) is 11.9. The molecule has 0 aliphatic heterocycles. The van der Waals surface area contributed by atoms with E-state index in [0.717, 1.165) is 18.4 Å². The second-order valence-corrected chi connectivity index (χ2v) is 6.63. The topological polar surface area (TPSA) is 61.8 Å². The van der Waals surface area contributed by atoms with Gasteiger partial charge in [-0.05, 0) is 40.0 Å². The Kier molecular flexibility index (Phi) is 4.89. The molecule has 2 aromatic heterocycles. The van der Waals surface area contributed by atoms with Crippen molar-refractivity contribution in [3.05, 3.63) is 61.2 Å². The molecular weight excluding hydrogens is 391 g/mol. The molecule has 0 atom stereocenters. The molecule has 6 nitrogen and oxygen atoms in total. The summed E-state index contributed by atoms with van der Waals surface area (Å²) in [6.45, 7) is 2.72. The fourth-order valence-electron chi connectivity index (χ4n) is 2.78. The maximum absolute atomic E-state index is 13.1. The maximum atomic E-state index is 13.1. The lowest BCUT2D eigenvalue weighted by atomic mass is 10.2. The normalized spacial score (nSPS) is 11.4. The molecule has 0 amide bonds. The van der Waals surface area contributed by atoms with Gasteiger partial charge in [-0.2, -0.15) is 0 Å². The Labute approximate surface area is 151 Å². The number of fused-ring (bicyclic) bond motifs is 1. The number of hydrogen-bond acceptors (Lipinski definition) is 3. The second kappa shape index (κ2) is 6.95. The van der Waals surface area contributed by atoms with E-state index in [1.54, 1.807) is 23.7 Å². The third kappa shape index (κ3) is 3.18. The first-order valence-electron chi connectivity index (χ1n) is 8.04. The maximum Gasteiger partial charge on any atom is 0.332 e. The Hall–Kier alpha value is -2.22. The molecule has 25 heavy (non-hydrogen) atoms. The van der Waals surface area contributed by atoms with Gasteiger partial charge in [-0.3, -0.25) is 13.9 Å². The van der Waals surface area contributed by atoms with Gasteiger partial charge < -0.3 is 4.57 Å². The van der Waals surface area contributed by atoms with Crippen LogP contribution in [0.3, 0.4) is 0 Å². The molecule has 1 aromatic carbocycles. The van der Waals surface area contributed by atoms with Crippen molar-refractivity contribution in [3.8, 4) is 0 Å². The lowest BCUT2D eigenvalue weighted by Crippen LogP contribution is -2.39. The summed E-state index contributed by atoms with van der Waals surface area (Å²) in [5.74, 6) is -0.317. The number of hydrogen-bond donors (Lipinski definition) is 0. The number of rotatable bonds is 5. The summed E-state index contributed by atoms with van der Waals surface area (Å²) in [6, 6.07) is 6.06. The quantitative estimate of drug-likeness (QED) is 0.609. The van der Waals surface area contributed by atoms with E-state index in [4.69, 9.17) is 0 Å². The summed E-state index contributed by atoms with van der Waals surface area (Å²) < 4.78 is 17.9. The van der Waals surface area contributed by atoms with E-state index in [0.29, 0.717) is 29.0 Å². The zero-order valence-electron chi connectivity index (χ0n) is 14.0. The van der Waals surface area contributed by atoms with E-state index >= 15 is 0 Å². The van der Waals surface area contributed by atoms with Crippen molar-refractivity contribution in [1.29, 1.82) is 0 Å². The predicted octanol–water partition coefficient (Wildman–Crippen LogP) is 2.65. The summed E-state index contributed by atoms with van der Waals surface area (Å²) in [6.07, 6.45) is 1.63. The number of halogens is 2. The zero-order chi connectivity index (χ0) is 18.1. The number of aromatic nitrogens is 4. The largest absolute Gasteiger partial charge is 0.332 e. The monoisotopic (exact) mass is 408 g/mol. The Morgan fingerprint density at radius 2 is 1.84 bits per heavy atom. The SMILES string of the molecule is CCCCn1c(=O)c2c(nc(Br)n2Cc2ccc(F)cc2)n(C)c1=O. The minimum atomic E-state index is -0.370. The number of benzene rings is 1. The van der Waals surface area contributed by atoms with Gasteiger partial charge in [0, 0.05) is 13.6 Å². The lowest BCUT2D eigenvalue weighted by Gasteiger charge is -2.10. The van der Waals surface area contributed by atoms with Crippen LogP contribution >= 0.6 is 15.9 Å². The average molecular weight is 409 g/mol. The Bertz CT molecular complexity index is 1030. The van der Waals surface area contributed by atoms with Gasteiger partial charge in [0.2, 0.25) is 0 Å². The predicted molar refractivity (Wildman–Crippen MR) is 97.3 cm³/mol. The molecule has 3 rings (SSSR count). The lowest BCUT2D eigenvalue weighted by molar-refractivity contribution is 0.565. The highest BCUT2D eigenvalue weighted by Crippen LogP contribution is 2.18. The van der Waals surface area contributed by atoms with E-state index in [9.17, 15) is 14.0 Å². The first-order valence-corrected chi connectivity index (χ1v) is 8.83. The highest BCUT2D eigenvalue weighted by molar-refractivity contribution is 9.10. The van der Waals surface area contributed by atoms with Crippen LogP contribution in [0.15, 0.2) is 38.6 Å². The third-order valence-corrected chi connectivity index (χ3v) is 4.78. The van der Waals surface area contributed by atoms with E-state index in [-0.39, 0.29) is 17.1 Å². The van der Waals surface area contributed by atoms with Crippen molar-refractivity contribution < 1.29 is 4.39 Å². The van der Waals surface area contributed by atoms with Gasteiger partial charge in [-0.25, -0.2) is 14.2 Å². The van der Waals surface area contributed by atoms with Crippen molar-refractivity contribution in [1.82, 2.24) is 18.7 Å². The minimum absolute atomic E-state index is 0.317. The molecule has 132 valence electrons. The molecule has 8 heteroatoms. The first kappa shape index (κ1) is 17.6. The molecular formula is C17H18BrFN4O2. The van der Waals surface area contributed by atoms with Crippen LogP contribution in [0.4, 0.5) is 4.39 Å². The van der Waals surface area contributed by atoms with Gasteiger partial charge in [0.15, 0.2) is 15.9 Å². The molecule has 0 aliphatic carbocycles. The van der Waals surface area contributed by atoms with Crippen molar-refractivity contribution in [3.63, 3.8) is 0 Å². The number of aryl methyl sites for hydroxylation is 1. The number of imidazole rings is 1. The molecule has 0 radical (unpaired) electrons. The van der Waals surface area contributed by atoms with Crippen LogP contribution in [0, 0.1) is 5.82 Å². The van der Waals surface area contributed by atoms with Gasteiger partial charge in [-0.15, -0.1) is 0 Å². The standard InChI is InChI=1S/C17H18BrFN4O2/c1-3-4-9-22-15(24)13-14(21(2)17(22)25)20-16(18)23(13)10-11-5-7-12(19)8-6-11/h5-8H,3-4,9-10H2,1-2H3. The molecule has 0 N–H and O–H groups in total. The summed E-state index contributed by atoms with van der Waals surface area (Å²) in [5, 5.41) is 0. The van der Waals surface area contributed by atoms with Crippen LogP contribution in [-0.4, -0.2) is 18.7 Å². The summed E-state index contributed by atoms with van der Waals surface area (Å²) in [7, 11) is 1.61. The number of nitrogens with zero attached hydrogens (tertiary/aromatic N) is 4. The number of unbranched alkanes of at least 4 members (excludes halogenated alkanes) is 1. The summed E-state index contributed by atoms with van der Waals surface area (Å²) in [4.78, 5) is 29.7. The molecule has 0 unspecified atom stereocenters. The molecule has 3 aromatic rings. The van der Waals surface area contributed by atoms with Gasteiger partial charge in [0.05, 0.1) is 6.54 Å². The van der Waals surface area contributed by atoms with Gasteiger partial charge in [0.1, 0.15) is 5.82 Å². The third-order valence-electron chi connectivity index (χ3n) is 4.18. The van der Waals surface area contributed by atoms with Crippen molar-refractivity contribution in [2.45, 2.75) is 32.9 Å². The van der Waals surface area contributed by atoms with Crippen LogP contribution in [-0.2, 0) is 20.1 Å². The van der Waals surface area contributed by atoms with Crippen LogP contribution < -0.4 is 11.2 Å². The smallest absolute Gasteiger partial charge is 0.308 e. The second-order valence-electron chi connectivity index (χ2n) is 5.92. The van der Waals surface area contributed by atoms with Gasteiger partial charge in [0.25, 0.3) is 5.56 Å². The summed E-state index contributed by atoms with van der Waals surface area (Å²) >= 11 is 3.37. The van der Waals surface area contributed by atoms with Crippen LogP contribution in [0.1, 0.15) is 25.3 Å². The van der Waals surface area contributed by atoms with E-state index in [2.05, 4.69) is 20.9 Å². The van der Waals surface area contributed by atoms with Crippen molar-refractivity contribution in [2.24, 2.45) is 7.05 Å². The van der Waals surface area contributed by atoms with E-state index < -0.39 is 0 Å². The molecule has 0 fully saturated rings. The van der Waals surface area contributed by atoms with Crippen molar-refractivity contribution >= 4 is 27.1 Å². The van der Waals surface area contributed by atoms with E-state index in [1.165, 1.54) is 21.3 Å². The molecule has 0 aliphatic rings. The Morgan fingerprint density at radius 3 is 2.48 bits per heavy atom. The zero-order valence-corrected chi connectivity index (χ0v) is 15.6. The van der Waals surface area contributed by atoms with Gasteiger partial charge in [-0.1, -0.05) is 25.5 Å². The van der Waals surface area contributed by atoms with Crippen molar-refractivity contribution in [2.75, 3.05) is 0 Å². The fourth-order valence-corrected chi connectivity index (χ4v) is 3.25. The minimum Gasteiger partial charge on any atom is -0.308 e. The summed E-state index contributed by atoms with van der Waals surface area (Å²) in [5.41, 5.74) is 0.789. The van der Waals surface area contributed by atoms with E-state index in [1.807, 2.05) is 6.92 Å². The fraction of sp³-hybridized carbons (Fsp3) is 0.353. The highest BCUT2D eigenvalue weighted by Gasteiger charge is 2.19. The Balaban J connectivity index is 2.20.